The number of anilines is 2. The summed E-state index contributed by atoms with van der Waals surface area (Å²) in [4.78, 5) is 13.8. The van der Waals surface area contributed by atoms with Crippen LogP contribution in [0, 0.1) is 6.92 Å². The third-order valence-electron chi connectivity index (χ3n) is 4.38. The molecule has 0 aliphatic heterocycles. The van der Waals surface area contributed by atoms with Crippen molar-refractivity contribution in [3.05, 3.63) is 52.9 Å². The number of aryl methyl sites for hydroxylation is 1. The summed E-state index contributed by atoms with van der Waals surface area (Å²) >= 11 is 1.37. The number of carbonyl (C=O) groups excluding carboxylic acids is 1. The largest absolute Gasteiger partial charge is 0.493 e. The predicted molar refractivity (Wildman–Crippen MR) is 115 cm³/mol. The summed E-state index contributed by atoms with van der Waals surface area (Å²) in [6.45, 7) is 2.04. The number of esters is 1. The highest BCUT2D eigenvalue weighted by Gasteiger charge is 2.20. The highest BCUT2D eigenvalue weighted by molar-refractivity contribution is 7.18. The summed E-state index contributed by atoms with van der Waals surface area (Å²) in [6.07, 6.45) is 0. The minimum atomic E-state index is -0.400. The van der Waals surface area contributed by atoms with Gasteiger partial charge in [0.05, 0.1) is 34.1 Å². The fraction of sp³-hybridized carbons (Fsp3) is 0.227. The molecule has 7 heteroatoms. The lowest BCUT2D eigenvalue weighted by atomic mass is 10.1. The molecule has 3 aromatic rings. The van der Waals surface area contributed by atoms with E-state index < -0.39 is 5.97 Å². The van der Waals surface area contributed by atoms with Gasteiger partial charge in [-0.2, -0.15) is 0 Å². The normalized spacial score (nSPS) is 10.4. The number of thiophene rings is 1. The van der Waals surface area contributed by atoms with E-state index in [9.17, 15) is 4.79 Å². The molecule has 0 aliphatic rings. The molecular formula is C22H23NO5S. The molecule has 0 unspecified atom stereocenters. The maximum Gasteiger partial charge on any atom is 0.350 e. The van der Waals surface area contributed by atoms with Gasteiger partial charge in [-0.05, 0) is 18.6 Å². The average Bonchev–Trinajstić information content (AvgIpc) is 3.16. The van der Waals surface area contributed by atoms with E-state index in [1.54, 1.807) is 33.5 Å². The van der Waals surface area contributed by atoms with Gasteiger partial charge in [0.25, 0.3) is 0 Å². The Morgan fingerprint density at radius 1 is 0.897 bits per heavy atom. The Labute approximate surface area is 174 Å². The SMILES string of the molecule is COC(=O)c1sc(-c2ccc(C)cc2)cc1Nc1cc(OC)c(OC)c(OC)c1. The molecule has 29 heavy (non-hydrogen) atoms. The summed E-state index contributed by atoms with van der Waals surface area (Å²) in [7, 11) is 6.04. The molecule has 0 spiro atoms. The average molecular weight is 413 g/mol. The van der Waals surface area contributed by atoms with Gasteiger partial charge in [-0.3, -0.25) is 0 Å². The first-order valence-corrected chi connectivity index (χ1v) is 9.68. The molecule has 152 valence electrons. The molecule has 0 fully saturated rings. The van der Waals surface area contributed by atoms with Crippen molar-refractivity contribution >= 4 is 28.7 Å². The second-order valence-electron chi connectivity index (χ2n) is 6.25. The van der Waals surface area contributed by atoms with E-state index in [4.69, 9.17) is 18.9 Å². The first-order valence-electron chi connectivity index (χ1n) is 8.87. The standard InChI is InChI=1S/C22H23NO5S/c1-13-6-8-14(9-7-13)19-12-16(21(29-19)22(24)28-5)23-15-10-17(25-2)20(27-4)18(11-15)26-3/h6-12,23H,1-5H3. The lowest BCUT2D eigenvalue weighted by molar-refractivity contribution is 0.0607. The van der Waals surface area contributed by atoms with Crippen LogP contribution in [-0.4, -0.2) is 34.4 Å². The lowest BCUT2D eigenvalue weighted by Crippen LogP contribution is -2.03. The van der Waals surface area contributed by atoms with E-state index in [-0.39, 0.29) is 0 Å². The van der Waals surface area contributed by atoms with Gasteiger partial charge < -0.3 is 24.3 Å². The zero-order valence-electron chi connectivity index (χ0n) is 17.0. The van der Waals surface area contributed by atoms with Gasteiger partial charge >= 0.3 is 5.97 Å². The van der Waals surface area contributed by atoms with Crippen molar-refractivity contribution in [1.29, 1.82) is 0 Å². The summed E-state index contributed by atoms with van der Waals surface area (Å²) < 4.78 is 21.2. The van der Waals surface area contributed by atoms with Crippen LogP contribution >= 0.6 is 11.3 Å². The molecule has 0 amide bonds. The zero-order valence-corrected chi connectivity index (χ0v) is 17.8. The van der Waals surface area contributed by atoms with Crippen molar-refractivity contribution in [3.8, 4) is 27.7 Å². The molecule has 3 rings (SSSR count). The van der Waals surface area contributed by atoms with Crippen LogP contribution in [0.3, 0.4) is 0 Å². The van der Waals surface area contributed by atoms with Gasteiger partial charge in [0.2, 0.25) is 5.75 Å². The first kappa shape index (κ1) is 20.5. The summed E-state index contributed by atoms with van der Waals surface area (Å²) in [6, 6.07) is 13.7. The number of carbonyl (C=O) groups is 1. The Morgan fingerprint density at radius 3 is 2.03 bits per heavy atom. The molecule has 0 bridgehead atoms. The molecule has 1 heterocycles. The molecular weight excluding hydrogens is 390 g/mol. The maximum absolute atomic E-state index is 12.3. The van der Waals surface area contributed by atoms with Crippen LogP contribution in [0.5, 0.6) is 17.2 Å². The Balaban J connectivity index is 2.04. The Morgan fingerprint density at radius 2 is 1.52 bits per heavy atom. The molecule has 0 saturated carbocycles. The molecule has 1 N–H and O–H groups in total. The Kier molecular flexibility index (Phi) is 6.29. The highest BCUT2D eigenvalue weighted by atomic mass is 32.1. The Bertz CT molecular complexity index is 986. The highest BCUT2D eigenvalue weighted by Crippen LogP contribution is 2.42. The minimum absolute atomic E-state index is 0.400. The van der Waals surface area contributed by atoms with E-state index in [1.807, 2.05) is 37.3 Å². The van der Waals surface area contributed by atoms with E-state index in [1.165, 1.54) is 24.0 Å². The van der Waals surface area contributed by atoms with Crippen molar-refractivity contribution in [2.24, 2.45) is 0 Å². The molecule has 0 aliphatic carbocycles. The van der Waals surface area contributed by atoms with E-state index in [2.05, 4.69) is 5.32 Å². The Hall–Kier alpha value is -3.19. The van der Waals surface area contributed by atoms with Crippen LogP contribution in [0.2, 0.25) is 0 Å². The maximum atomic E-state index is 12.3. The summed E-state index contributed by atoms with van der Waals surface area (Å²) in [5.41, 5.74) is 3.54. The number of rotatable bonds is 7. The number of ether oxygens (including phenoxy) is 4. The third kappa shape index (κ3) is 4.30. The second kappa shape index (κ2) is 8.87. The molecule has 1 aromatic heterocycles. The fourth-order valence-electron chi connectivity index (χ4n) is 2.90. The molecule has 0 radical (unpaired) electrons. The summed E-state index contributed by atoms with van der Waals surface area (Å²) in [5, 5.41) is 3.28. The predicted octanol–water partition coefficient (Wildman–Crippen LogP) is 5.28. The number of hydrogen-bond acceptors (Lipinski definition) is 7. The molecule has 0 saturated heterocycles. The van der Waals surface area contributed by atoms with E-state index in [0.717, 1.165) is 10.4 Å². The van der Waals surface area contributed by atoms with E-state index in [0.29, 0.717) is 33.5 Å². The lowest BCUT2D eigenvalue weighted by Gasteiger charge is -2.15. The second-order valence-corrected chi connectivity index (χ2v) is 7.30. The quantitative estimate of drug-likeness (QED) is 0.532. The van der Waals surface area contributed by atoms with Crippen molar-refractivity contribution < 1.29 is 23.7 Å². The number of nitrogens with one attached hydrogen (secondary N) is 1. The first-order chi connectivity index (χ1) is 14.0. The van der Waals surface area contributed by atoms with Crippen LogP contribution in [0.15, 0.2) is 42.5 Å². The van der Waals surface area contributed by atoms with E-state index >= 15 is 0 Å². The van der Waals surface area contributed by atoms with Gasteiger partial charge in [-0.25, -0.2) is 4.79 Å². The van der Waals surface area contributed by atoms with Gasteiger partial charge in [0.15, 0.2) is 11.5 Å². The third-order valence-corrected chi connectivity index (χ3v) is 5.55. The van der Waals surface area contributed by atoms with Gasteiger partial charge in [-0.15, -0.1) is 11.3 Å². The van der Waals surface area contributed by atoms with Crippen molar-refractivity contribution in [3.63, 3.8) is 0 Å². The summed E-state index contributed by atoms with van der Waals surface area (Å²) in [5.74, 6) is 1.13. The van der Waals surface area contributed by atoms with Gasteiger partial charge in [-0.1, -0.05) is 29.8 Å². The molecule has 2 aromatic carbocycles. The number of benzene rings is 2. The fourth-order valence-corrected chi connectivity index (χ4v) is 3.93. The van der Waals surface area contributed by atoms with Gasteiger partial charge in [0, 0.05) is 22.7 Å². The van der Waals surface area contributed by atoms with Crippen LogP contribution in [0.25, 0.3) is 10.4 Å². The monoisotopic (exact) mass is 413 g/mol. The van der Waals surface area contributed by atoms with Gasteiger partial charge in [0.1, 0.15) is 4.88 Å². The molecule has 6 nitrogen and oxygen atoms in total. The van der Waals surface area contributed by atoms with Crippen molar-refractivity contribution in [1.82, 2.24) is 0 Å². The van der Waals surface area contributed by atoms with Crippen molar-refractivity contribution in [2.75, 3.05) is 33.8 Å². The van der Waals surface area contributed by atoms with Crippen LogP contribution < -0.4 is 19.5 Å². The van der Waals surface area contributed by atoms with Crippen LogP contribution in [0.4, 0.5) is 11.4 Å². The van der Waals surface area contributed by atoms with Crippen molar-refractivity contribution in [2.45, 2.75) is 6.92 Å². The zero-order chi connectivity index (χ0) is 21.0. The van der Waals surface area contributed by atoms with Crippen LogP contribution in [0.1, 0.15) is 15.2 Å². The smallest absolute Gasteiger partial charge is 0.350 e. The van der Waals surface area contributed by atoms with Crippen LogP contribution in [-0.2, 0) is 4.74 Å². The molecule has 0 atom stereocenters. The number of hydrogen-bond donors (Lipinski definition) is 1. The topological polar surface area (TPSA) is 66.0 Å². The minimum Gasteiger partial charge on any atom is -0.493 e. The number of methoxy groups -OCH3 is 4.